The molecule has 0 radical (unpaired) electrons. The summed E-state index contributed by atoms with van der Waals surface area (Å²) in [7, 11) is 0. The number of fused-ring (bicyclic) bond motifs is 3. The van der Waals surface area contributed by atoms with Gasteiger partial charge < -0.3 is 44.0 Å². The number of amides is 6. The lowest BCUT2D eigenvalue weighted by Gasteiger charge is -2.36. The maximum Gasteiger partial charge on any atom is 0.420 e. The van der Waals surface area contributed by atoms with E-state index in [4.69, 9.17) is 9.47 Å². The van der Waals surface area contributed by atoms with Crippen LogP contribution in [0.25, 0.3) is 50.7 Å². The summed E-state index contributed by atoms with van der Waals surface area (Å²) in [5, 5.41) is 22.7. The van der Waals surface area contributed by atoms with E-state index in [9.17, 15) is 86.6 Å². The first-order valence-electron chi connectivity index (χ1n) is 33.5. The lowest BCUT2D eigenvalue weighted by atomic mass is 9.89. The van der Waals surface area contributed by atoms with Crippen LogP contribution in [0, 0.1) is 22.9 Å². The van der Waals surface area contributed by atoms with Crippen molar-refractivity contribution in [1.29, 1.82) is 0 Å². The van der Waals surface area contributed by atoms with Gasteiger partial charge >= 0.3 is 30.7 Å². The Hall–Kier alpha value is -11.7. The first-order chi connectivity index (χ1) is 51.1. The van der Waals surface area contributed by atoms with Crippen molar-refractivity contribution in [2.75, 3.05) is 85.1 Å². The molecule has 568 valence electrons. The fraction of sp³-hybridized carbons (Fsp3) is 0.333. The Bertz CT molecular complexity index is 4930. The van der Waals surface area contributed by atoms with Crippen molar-refractivity contribution >= 4 is 52.8 Å². The second-order valence-corrected chi connectivity index (χ2v) is 26.2. The van der Waals surface area contributed by atoms with Crippen LogP contribution in [0.4, 0.5) is 62.3 Å². The zero-order chi connectivity index (χ0) is 77.7. The van der Waals surface area contributed by atoms with Gasteiger partial charge in [-0.15, -0.1) is 0 Å². The van der Waals surface area contributed by atoms with Gasteiger partial charge in [-0.25, -0.2) is 51.3 Å². The molecule has 0 saturated carbocycles. The van der Waals surface area contributed by atoms with E-state index < -0.39 is 112 Å². The van der Waals surface area contributed by atoms with Crippen LogP contribution in [-0.4, -0.2) is 205 Å². The van der Waals surface area contributed by atoms with E-state index in [0.29, 0.717) is 6.42 Å². The second-order valence-electron chi connectivity index (χ2n) is 26.2. The molecule has 6 amide bonds. The number of aliphatic hydroxyl groups is 1. The van der Waals surface area contributed by atoms with Gasteiger partial charge in [0.1, 0.15) is 63.9 Å². The number of rotatable bonds is 11. The van der Waals surface area contributed by atoms with Gasteiger partial charge in [0.05, 0.1) is 42.3 Å². The third kappa shape index (κ3) is 18.4. The number of hydrogen-bond acceptors (Lipinski definition) is 15. The van der Waals surface area contributed by atoms with E-state index in [2.05, 4.69) is 30.2 Å². The van der Waals surface area contributed by atoms with Crippen molar-refractivity contribution in [2.24, 2.45) is 5.41 Å². The number of halogens is 12. The molecule has 3 saturated heterocycles. The molecule has 1 atom stereocenters. The number of aromatic nitrogens is 9. The van der Waals surface area contributed by atoms with Crippen LogP contribution in [0.5, 0.6) is 0 Å². The van der Waals surface area contributed by atoms with Crippen LogP contribution >= 0.6 is 0 Å². The van der Waals surface area contributed by atoms with Gasteiger partial charge in [0, 0.05) is 95.2 Å². The highest BCUT2D eigenvalue weighted by Gasteiger charge is 2.40. The highest BCUT2D eigenvalue weighted by atomic mass is 19.4. The summed E-state index contributed by atoms with van der Waals surface area (Å²) in [5.41, 5.74) is -4.14. The van der Waals surface area contributed by atoms with Gasteiger partial charge in [-0.3, -0.25) is 19.2 Å². The first kappa shape index (κ1) is 77.4. The molecule has 0 bridgehead atoms. The monoisotopic (exact) mass is 1510 g/mol. The number of hydrogen-bond donors (Lipinski definition) is 1. The van der Waals surface area contributed by atoms with E-state index in [-0.39, 0.29) is 148 Å². The minimum Gasteiger partial charge on any atom is -0.450 e. The van der Waals surface area contributed by atoms with E-state index in [1.165, 1.54) is 65.8 Å². The quantitative estimate of drug-likeness (QED) is 0.118. The number of carbonyl (C=O) groups excluding carboxylic acids is 6. The van der Waals surface area contributed by atoms with E-state index >= 15 is 0 Å². The summed E-state index contributed by atoms with van der Waals surface area (Å²) in [6.45, 7) is 9.98. The molecule has 36 heteroatoms. The summed E-state index contributed by atoms with van der Waals surface area (Å²) >= 11 is 0. The molecular formula is C72H67F12N15O9. The number of piperazine rings is 3. The Morgan fingerprint density at radius 2 is 0.722 bits per heavy atom. The Labute approximate surface area is 606 Å². The van der Waals surface area contributed by atoms with Gasteiger partial charge in [0.2, 0.25) is 0 Å². The molecule has 0 spiro atoms. The van der Waals surface area contributed by atoms with E-state index in [1.807, 2.05) is 51.1 Å². The summed E-state index contributed by atoms with van der Waals surface area (Å²) in [6, 6.07) is 26.3. The summed E-state index contributed by atoms with van der Waals surface area (Å²) in [4.78, 5) is 96.2. The SMILES string of the molecule is CC(C)(C)C[C@@H](O)C(=O)N1CCN(C(=O)c2cn3nc(-c4ccc(F)cc4)cc(C(F)(F)F)c3n2)CC1.CCOC(=O)N1CCN(C(=O)c2cn3nc(-c4ccc(F)cc4)cc(C(F)(F)F)c3n2)CC1.O=C(OCc1ccccc1)N1CCN(C(=O)c2cn3nc(-c4ccc(F)cc4)cc(C(F)(F)F)c3n2)CC1. The van der Waals surface area contributed by atoms with Crippen molar-refractivity contribution in [3.8, 4) is 33.8 Å². The third-order valence-electron chi connectivity index (χ3n) is 17.4. The van der Waals surface area contributed by atoms with Gasteiger partial charge in [0.15, 0.2) is 16.9 Å². The smallest absolute Gasteiger partial charge is 0.420 e. The average Bonchev–Trinajstić information content (AvgIpc) is 1.61. The largest absolute Gasteiger partial charge is 0.450 e. The van der Waals surface area contributed by atoms with Crippen LogP contribution in [0.2, 0.25) is 0 Å². The summed E-state index contributed by atoms with van der Waals surface area (Å²) in [6.07, 6.45) is -12.7. The van der Waals surface area contributed by atoms with Gasteiger partial charge in [0.25, 0.3) is 23.6 Å². The molecule has 0 unspecified atom stereocenters. The van der Waals surface area contributed by atoms with Crippen LogP contribution in [0.1, 0.15) is 87.8 Å². The zero-order valence-electron chi connectivity index (χ0n) is 57.9. The van der Waals surface area contributed by atoms with Gasteiger partial charge in [-0.2, -0.15) is 54.8 Å². The Morgan fingerprint density at radius 3 is 1.02 bits per heavy atom. The van der Waals surface area contributed by atoms with E-state index in [0.717, 1.165) is 92.3 Å². The van der Waals surface area contributed by atoms with Gasteiger partial charge in [-0.1, -0.05) is 51.1 Å². The predicted molar refractivity (Wildman–Crippen MR) is 361 cm³/mol. The Balaban J connectivity index is 0.000000162. The molecule has 6 aromatic heterocycles. The van der Waals surface area contributed by atoms with Crippen molar-refractivity contribution < 1.29 is 96.0 Å². The lowest BCUT2D eigenvalue weighted by Crippen LogP contribution is -2.53. The minimum absolute atomic E-state index is 0.0470. The van der Waals surface area contributed by atoms with Crippen molar-refractivity contribution in [1.82, 2.24) is 73.2 Å². The van der Waals surface area contributed by atoms with Crippen LogP contribution in [0.3, 0.4) is 0 Å². The number of ether oxygens (including phenoxy) is 2. The maximum absolute atomic E-state index is 13.8. The molecule has 4 aromatic carbocycles. The van der Waals surface area contributed by atoms with Gasteiger partial charge in [-0.05, 0) is 115 Å². The average molecular weight is 1510 g/mol. The summed E-state index contributed by atoms with van der Waals surface area (Å²) in [5.74, 6) is -3.77. The molecule has 0 aliphatic carbocycles. The highest BCUT2D eigenvalue weighted by Crippen LogP contribution is 2.38. The Kier molecular flexibility index (Phi) is 22.8. The number of nitrogens with zero attached hydrogens (tertiary/aromatic N) is 15. The third-order valence-corrected chi connectivity index (χ3v) is 17.4. The van der Waals surface area contributed by atoms with Crippen LogP contribution < -0.4 is 0 Å². The number of carbonyl (C=O) groups is 6. The van der Waals surface area contributed by atoms with Crippen LogP contribution in [-0.2, 0) is 39.4 Å². The first-order valence-corrected chi connectivity index (χ1v) is 33.5. The Morgan fingerprint density at radius 1 is 0.426 bits per heavy atom. The molecule has 13 rings (SSSR count). The van der Waals surface area contributed by atoms with Crippen molar-refractivity contribution in [3.05, 3.63) is 197 Å². The number of aliphatic hydroxyl groups excluding tert-OH is 1. The fourth-order valence-corrected chi connectivity index (χ4v) is 11.9. The highest BCUT2D eigenvalue weighted by molar-refractivity contribution is 5.95. The van der Waals surface area contributed by atoms with Crippen LogP contribution in [0.15, 0.2) is 140 Å². The molecule has 3 fully saturated rings. The molecule has 1 N–H and O–H groups in total. The number of benzene rings is 4. The molecular weight excluding hydrogens is 1450 g/mol. The zero-order valence-corrected chi connectivity index (χ0v) is 57.9. The molecule has 10 aromatic rings. The topological polar surface area (TPSA) is 251 Å². The maximum atomic E-state index is 13.8. The van der Waals surface area contributed by atoms with Crippen molar-refractivity contribution in [2.45, 2.75) is 65.4 Å². The van der Waals surface area contributed by atoms with Crippen molar-refractivity contribution in [3.63, 3.8) is 0 Å². The predicted octanol–water partition coefficient (Wildman–Crippen LogP) is 11.8. The molecule has 108 heavy (non-hydrogen) atoms. The van der Waals surface area contributed by atoms with E-state index in [1.54, 1.807) is 6.92 Å². The minimum atomic E-state index is -4.77. The molecule has 24 nitrogen and oxygen atoms in total. The standard InChI is InChI=1S/C26H21F4N5O3.C25H27F4N5O3.C21H19F4N5O3/c27-19-8-6-18(7-9-19)21-14-20(26(28,29)30)23-31-22(15-35(23)32-21)24(36)33-10-12-34(13-11-33)25(37)38-16-17-4-2-1-3-5-17;1-24(2,3)13-20(35)23(37)33-10-8-32(9-11-33)22(36)19-14-34-21(30-19)17(25(27,28)29)12-18(31-34)15-4-6-16(26)7-5-15;1-2-33-20(32)29-9-7-28(8-10-29)19(31)17-12-30-18(26-17)15(21(23,24)25)11-16(27-30)13-3-5-14(22)6-4-13/h1-9,14-15H,10-13,16H2;4-7,12,14,20,35H,8-11,13H2,1-3H3;3-6,11-12H,2,7-10H2,1H3/t;20-;/m.1./s1. The number of alkyl halides is 9. The molecule has 9 heterocycles. The number of imidazole rings is 3. The lowest BCUT2D eigenvalue weighted by molar-refractivity contribution is -0.143. The summed E-state index contributed by atoms with van der Waals surface area (Å²) < 4.78 is 177. The normalized spacial score (nSPS) is 14.8. The second kappa shape index (κ2) is 31.8. The molecule has 3 aliphatic rings. The fourth-order valence-electron chi connectivity index (χ4n) is 11.9. The molecule has 3 aliphatic heterocycles.